The minimum Gasteiger partial charge on any atom is -0.434 e. The van der Waals surface area contributed by atoms with E-state index in [0.717, 1.165) is 12.0 Å². The number of rotatable bonds is 4. The van der Waals surface area contributed by atoms with Gasteiger partial charge in [0.25, 0.3) is 0 Å². The molecule has 0 aliphatic carbocycles. The molecule has 0 saturated heterocycles. The van der Waals surface area contributed by atoms with Gasteiger partial charge < -0.3 is 9.47 Å². The van der Waals surface area contributed by atoms with Crippen LogP contribution in [0.1, 0.15) is 18.1 Å². The van der Waals surface area contributed by atoms with Crippen LogP contribution in [0.15, 0.2) is 54.6 Å². The van der Waals surface area contributed by atoms with Crippen LogP contribution in [0.25, 0.3) is 0 Å². The summed E-state index contributed by atoms with van der Waals surface area (Å²) in [6.45, 7) is 2.05. The van der Waals surface area contributed by atoms with Crippen molar-refractivity contribution in [2.75, 3.05) is 6.61 Å². The Morgan fingerprint density at radius 2 is 1.74 bits per heavy atom. The smallest absolute Gasteiger partial charge is 0.434 e. The zero-order valence-electron chi connectivity index (χ0n) is 10.8. The van der Waals surface area contributed by atoms with E-state index in [0.29, 0.717) is 12.4 Å². The van der Waals surface area contributed by atoms with Crippen molar-refractivity contribution in [2.45, 2.75) is 13.3 Å². The summed E-state index contributed by atoms with van der Waals surface area (Å²) in [7, 11) is 0. The Hall–Kier alpha value is -2.29. The van der Waals surface area contributed by atoms with Crippen LogP contribution in [0.4, 0.5) is 4.79 Å². The van der Waals surface area contributed by atoms with Gasteiger partial charge in [-0.25, -0.2) is 4.79 Å². The van der Waals surface area contributed by atoms with Crippen molar-refractivity contribution in [3.05, 3.63) is 65.7 Å². The highest BCUT2D eigenvalue weighted by Crippen LogP contribution is 2.17. The molecule has 0 spiro atoms. The second-order valence-corrected chi connectivity index (χ2v) is 4.09. The summed E-state index contributed by atoms with van der Waals surface area (Å²) in [5.74, 6) is 0.506. The van der Waals surface area contributed by atoms with Crippen molar-refractivity contribution >= 4 is 6.16 Å². The van der Waals surface area contributed by atoms with Gasteiger partial charge in [-0.1, -0.05) is 42.5 Å². The summed E-state index contributed by atoms with van der Waals surface area (Å²) < 4.78 is 9.81. The van der Waals surface area contributed by atoms with Gasteiger partial charge in [-0.05, 0) is 36.6 Å². The van der Waals surface area contributed by atoms with Crippen molar-refractivity contribution in [2.24, 2.45) is 0 Å². The van der Waals surface area contributed by atoms with E-state index in [-0.39, 0.29) is 0 Å². The molecule has 0 aliphatic rings. The molecule has 0 N–H and O–H groups in total. The highest BCUT2D eigenvalue weighted by atomic mass is 16.7. The molecule has 0 aromatic heterocycles. The van der Waals surface area contributed by atoms with Crippen molar-refractivity contribution in [3.63, 3.8) is 0 Å². The topological polar surface area (TPSA) is 35.5 Å². The number of hydrogen-bond donors (Lipinski definition) is 0. The van der Waals surface area contributed by atoms with E-state index in [4.69, 9.17) is 9.47 Å². The first kappa shape index (κ1) is 13.1. The predicted molar refractivity (Wildman–Crippen MR) is 73.3 cm³/mol. The number of ether oxygens (including phenoxy) is 2. The third-order valence-electron chi connectivity index (χ3n) is 2.61. The second-order valence-electron chi connectivity index (χ2n) is 4.09. The Kier molecular flexibility index (Phi) is 4.56. The van der Waals surface area contributed by atoms with Crippen LogP contribution < -0.4 is 4.74 Å². The zero-order chi connectivity index (χ0) is 13.5. The maximum atomic E-state index is 11.2. The molecule has 0 fully saturated rings. The molecule has 19 heavy (non-hydrogen) atoms. The fourth-order valence-corrected chi connectivity index (χ4v) is 1.79. The zero-order valence-corrected chi connectivity index (χ0v) is 10.8. The summed E-state index contributed by atoms with van der Waals surface area (Å²) >= 11 is 0. The first-order valence-electron chi connectivity index (χ1n) is 6.25. The number of benzene rings is 2. The van der Waals surface area contributed by atoms with E-state index in [1.165, 1.54) is 5.56 Å². The van der Waals surface area contributed by atoms with Crippen LogP contribution in [0.5, 0.6) is 5.75 Å². The predicted octanol–water partition coefficient (Wildman–Crippen LogP) is 3.81. The summed E-state index contributed by atoms with van der Waals surface area (Å²) in [5.41, 5.74) is 2.31. The molecule has 3 heteroatoms. The van der Waals surface area contributed by atoms with Gasteiger partial charge >= 0.3 is 6.16 Å². The maximum absolute atomic E-state index is 11.2. The standard InChI is InChI=1S/C16H16O3/c1-2-18-16(17)19-15-10-6-9-14(12-15)11-13-7-4-3-5-8-13/h3-10,12H,2,11H2,1H3. The summed E-state index contributed by atoms with van der Waals surface area (Å²) in [5, 5.41) is 0. The Morgan fingerprint density at radius 3 is 2.47 bits per heavy atom. The molecule has 0 aliphatic heterocycles. The molecule has 0 radical (unpaired) electrons. The quantitative estimate of drug-likeness (QED) is 0.616. The van der Waals surface area contributed by atoms with Crippen LogP contribution >= 0.6 is 0 Å². The van der Waals surface area contributed by atoms with Crippen molar-refractivity contribution in [1.82, 2.24) is 0 Å². The molecule has 0 atom stereocenters. The van der Waals surface area contributed by atoms with E-state index in [2.05, 4.69) is 12.1 Å². The highest BCUT2D eigenvalue weighted by Gasteiger charge is 2.05. The summed E-state index contributed by atoms with van der Waals surface area (Å²) in [6, 6.07) is 17.6. The van der Waals surface area contributed by atoms with Gasteiger partial charge in [0.2, 0.25) is 0 Å². The average molecular weight is 256 g/mol. The average Bonchev–Trinajstić information content (AvgIpc) is 2.40. The van der Waals surface area contributed by atoms with Gasteiger partial charge in [-0.3, -0.25) is 0 Å². The number of hydrogen-bond acceptors (Lipinski definition) is 3. The lowest BCUT2D eigenvalue weighted by Crippen LogP contribution is -2.10. The van der Waals surface area contributed by atoms with Crippen LogP contribution in [-0.4, -0.2) is 12.8 Å². The summed E-state index contributed by atoms with van der Waals surface area (Å²) in [6.07, 6.45) is 0.139. The first-order chi connectivity index (χ1) is 9.28. The molecule has 2 aromatic carbocycles. The Morgan fingerprint density at radius 1 is 1.00 bits per heavy atom. The van der Waals surface area contributed by atoms with E-state index in [9.17, 15) is 4.79 Å². The van der Waals surface area contributed by atoms with Crippen molar-refractivity contribution in [3.8, 4) is 5.75 Å². The lowest BCUT2D eigenvalue weighted by Gasteiger charge is -2.06. The Bertz CT molecular complexity index is 535. The monoisotopic (exact) mass is 256 g/mol. The fourth-order valence-electron chi connectivity index (χ4n) is 1.79. The second kappa shape index (κ2) is 6.59. The molecule has 0 bridgehead atoms. The first-order valence-corrected chi connectivity index (χ1v) is 6.25. The van der Waals surface area contributed by atoms with E-state index >= 15 is 0 Å². The van der Waals surface area contributed by atoms with Gasteiger partial charge in [-0.15, -0.1) is 0 Å². The van der Waals surface area contributed by atoms with Gasteiger partial charge in [0.05, 0.1) is 6.61 Å². The molecule has 0 heterocycles. The maximum Gasteiger partial charge on any atom is 0.513 e. The molecular weight excluding hydrogens is 240 g/mol. The highest BCUT2D eigenvalue weighted by molar-refractivity contribution is 5.63. The third kappa shape index (κ3) is 4.14. The lowest BCUT2D eigenvalue weighted by atomic mass is 10.1. The number of carbonyl (C=O) groups is 1. The van der Waals surface area contributed by atoms with Gasteiger partial charge in [-0.2, -0.15) is 0 Å². The minimum absolute atomic E-state index is 0.308. The van der Waals surface area contributed by atoms with Gasteiger partial charge in [0.15, 0.2) is 0 Å². The van der Waals surface area contributed by atoms with Gasteiger partial charge in [0.1, 0.15) is 5.75 Å². The molecule has 3 nitrogen and oxygen atoms in total. The third-order valence-corrected chi connectivity index (χ3v) is 2.61. The van der Waals surface area contributed by atoms with E-state index in [1.54, 1.807) is 13.0 Å². The fraction of sp³-hybridized carbons (Fsp3) is 0.188. The molecule has 2 rings (SSSR count). The summed E-state index contributed by atoms with van der Waals surface area (Å²) in [4.78, 5) is 11.2. The molecule has 0 amide bonds. The molecular formula is C16H16O3. The Balaban J connectivity index is 2.05. The molecule has 0 saturated carbocycles. The normalized spacial score (nSPS) is 9.95. The lowest BCUT2D eigenvalue weighted by molar-refractivity contribution is 0.104. The van der Waals surface area contributed by atoms with Crippen molar-refractivity contribution in [1.29, 1.82) is 0 Å². The molecule has 0 unspecified atom stereocenters. The van der Waals surface area contributed by atoms with Crippen LogP contribution in [0.2, 0.25) is 0 Å². The van der Waals surface area contributed by atoms with Crippen LogP contribution in [0, 0.1) is 0 Å². The van der Waals surface area contributed by atoms with Gasteiger partial charge in [0, 0.05) is 0 Å². The molecule has 2 aromatic rings. The van der Waals surface area contributed by atoms with Crippen LogP contribution in [-0.2, 0) is 11.2 Å². The number of carbonyl (C=O) groups excluding carboxylic acids is 1. The Labute approximate surface area is 112 Å². The molecule has 98 valence electrons. The minimum atomic E-state index is -0.667. The van der Waals surface area contributed by atoms with Crippen molar-refractivity contribution < 1.29 is 14.3 Å². The van der Waals surface area contributed by atoms with Crippen LogP contribution in [0.3, 0.4) is 0 Å². The van der Waals surface area contributed by atoms with E-state index in [1.807, 2.05) is 36.4 Å². The SMILES string of the molecule is CCOC(=O)Oc1cccc(Cc2ccccc2)c1. The van der Waals surface area contributed by atoms with E-state index < -0.39 is 6.16 Å². The largest absolute Gasteiger partial charge is 0.513 e.